The minimum Gasteiger partial charge on any atom is -0.364 e. The third-order valence-corrected chi connectivity index (χ3v) is 3.35. The van der Waals surface area contributed by atoms with Crippen LogP contribution in [-0.2, 0) is 11.3 Å². The SMILES string of the molecule is CN(CC(=O)N1CCCC1)c1cnccc1CN. The van der Waals surface area contributed by atoms with Gasteiger partial charge in [-0.05, 0) is 24.5 Å². The summed E-state index contributed by atoms with van der Waals surface area (Å²) in [5.41, 5.74) is 7.64. The van der Waals surface area contributed by atoms with Crippen molar-refractivity contribution in [2.24, 2.45) is 5.73 Å². The fourth-order valence-electron chi connectivity index (χ4n) is 2.29. The molecule has 2 heterocycles. The van der Waals surface area contributed by atoms with E-state index in [4.69, 9.17) is 5.73 Å². The van der Waals surface area contributed by atoms with Crippen molar-refractivity contribution >= 4 is 11.6 Å². The van der Waals surface area contributed by atoms with Gasteiger partial charge in [0.25, 0.3) is 0 Å². The minimum absolute atomic E-state index is 0.182. The van der Waals surface area contributed by atoms with E-state index in [1.807, 2.05) is 22.9 Å². The predicted molar refractivity (Wildman–Crippen MR) is 71.2 cm³/mol. The third-order valence-electron chi connectivity index (χ3n) is 3.35. The van der Waals surface area contributed by atoms with Gasteiger partial charge in [0, 0.05) is 32.9 Å². The molecule has 0 aromatic carbocycles. The van der Waals surface area contributed by atoms with Crippen molar-refractivity contribution in [2.75, 3.05) is 31.6 Å². The highest BCUT2D eigenvalue weighted by Gasteiger charge is 2.19. The van der Waals surface area contributed by atoms with Crippen LogP contribution in [0.2, 0.25) is 0 Å². The van der Waals surface area contributed by atoms with E-state index < -0.39 is 0 Å². The maximum Gasteiger partial charge on any atom is 0.242 e. The molecule has 0 radical (unpaired) electrons. The lowest BCUT2D eigenvalue weighted by Crippen LogP contribution is -2.37. The van der Waals surface area contributed by atoms with Gasteiger partial charge in [0.2, 0.25) is 5.91 Å². The molecule has 0 unspecified atom stereocenters. The van der Waals surface area contributed by atoms with Crippen LogP contribution in [0.4, 0.5) is 5.69 Å². The first-order valence-electron chi connectivity index (χ1n) is 6.34. The average Bonchev–Trinajstić information content (AvgIpc) is 2.92. The van der Waals surface area contributed by atoms with Gasteiger partial charge in [0.05, 0.1) is 18.4 Å². The highest BCUT2D eigenvalue weighted by Crippen LogP contribution is 2.17. The van der Waals surface area contributed by atoms with Crippen LogP contribution >= 0.6 is 0 Å². The number of hydrogen-bond donors (Lipinski definition) is 1. The topological polar surface area (TPSA) is 62.5 Å². The lowest BCUT2D eigenvalue weighted by atomic mass is 10.2. The summed E-state index contributed by atoms with van der Waals surface area (Å²) in [5, 5.41) is 0. The largest absolute Gasteiger partial charge is 0.364 e. The summed E-state index contributed by atoms with van der Waals surface area (Å²) >= 11 is 0. The second kappa shape index (κ2) is 5.82. The molecular weight excluding hydrogens is 228 g/mol. The van der Waals surface area contributed by atoms with Gasteiger partial charge in [-0.2, -0.15) is 0 Å². The van der Waals surface area contributed by atoms with Crippen LogP contribution in [0.5, 0.6) is 0 Å². The number of carbonyl (C=O) groups excluding carboxylic acids is 1. The highest BCUT2D eigenvalue weighted by molar-refractivity contribution is 5.81. The van der Waals surface area contributed by atoms with Crippen molar-refractivity contribution in [2.45, 2.75) is 19.4 Å². The minimum atomic E-state index is 0.182. The predicted octanol–water partition coefficient (Wildman–Crippen LogP) is 0.599. The van der Waals surface area contributed by atoms with Gasteiger partial charge in [-0.25, -0.2) is 0 Å². The van der Waals surface area contributed by atoms with Gasteiger partial charge in [-0.1, -0.05) is 0 Å². The van der Waals surface area contributed by atoms with Crippen LogP contribution in [0.3, 0.4) is 0 Å². The number of pyridine rings is 1. The van der Waals surface area contributed by atoms with E-state index in [9.17, 15) is 4.79 Å². The first kappa shape index (κ1) is 12.8. The van der Waals surface area contributed by atoms with E-state index in [0.717, 1.165) is 37.2 Å². The maximum atomic E-state index is 12.1. The van der Waals surface area contributed by atoms with Crippen molar-refractivity contribution < 1.29 is 4.79 Å². The van der Waals surface area contributed by atoms with Crippen molar-refractivity contribution in [3.8, 4) is 0 Å². The molecule has 5 heteroatoms. The number of nitrogens with two attached hydrogens (primary N) is 1. The van der Waals surface area contributed by atoms with Gasteiger partial charge in [-0.15, -0.1) is 0 Å². The number of anilines is 1. The first-order chi connectivity index (χ1) is 8.72. The molecule has 1 aromatic rings. The number of amides is 1. The summed E-state index contributed by atoms with van der Waals surface area (Å²) in [6, 6.07) is 1.90. The Labute approximate surface area is 108 Å². The Bertz CT molecular complexity index is 415. The van der Waals surface area contributed by atoms with Gasteiger partial charge in [0.15, 0.2) is 0 Å². The number of rotatable bonds is 4. The molecule has 1 fully saturated rings. The number of likely N-dealkylation sites (N-methyl/N-ethyl adjacent to an activating group) is 1. The Morgan fingerprint density at radius 3 is 2.89 bits per heavy atom. The van der Waals surface area contributed by atoms with Gasteiger partial charge < -0.3 is 15.5 Å². The van der Waals surface area contributed by atoms with Gasteiger partial charge in [0.1, 0.15) is 0 Å². The van der Waals surface area contributed by atoms with Crippen molar-refractivity contribution in [1.29, 1.82) is 0 Å². The van der Waals surface area contributed by atoms with E-state index in [0.29, 0.717) is 13.1 Å². The average molecular weight is 248 g/mol. The van der Waals surface area contributed by atoms with Crippen LogP contribution in [0.15, 0.2) is 18.5 Å². The van der Waals surface area contributed by atoms with Crippen molar-refractivity contribution in [3.05, 3.63) is 24.0 Å². The van der Waals surface area contributed by atoms with E-state index in [1.165, 1.54) is 0 Å². The Morgan fingerprint density at radius 1 is 1.50 bits per heavy atom. The summed E-state index contributed by atoms with van der Waals surface area (Å²) in [4.78, 5) is 20.0. The Kier molecular flexibility index (Phi) is 4.15. The zero-order valence-electron chi connectivity index (χ0n) is 10.8. The molecule has 1 aromatic heterocycles. The fraction of sp³-hybridized carbons (Fsp3) is 0.538. The van der Waals surface area contributed by atoms with Crippen LogP contribution in [0.1, 0.15) is 18.4 Å². The van der Waals surface area contributed by atoms with Crippen molar-refractivity contribution in [1.82, 2.24) is 9.88 Å². The number of carbonyl (C=O) groups is 1. The molecule has 18 heavy (non-hydrogen) atoms. The zero-order chi connectivity index (χ0) is 13.0. The van der Waals surface area contributed by atoms with E-state index in [2.05, 4.69) is 4.98 Å². The van der Waals surface area contributed by atoms with E-state index >= 15 is 0 Å². The number of likely N-dealkylation sites (tertiary alicyclic amines) is 1. The van der Waals surface area contributed by atoms with E-state index in [-0.39, 0.29) is 5.91 Å². The molecule has 1 saturated heterocycles. The van der Waals surface area contributed by atoms with Crippen LogP contribution < -0.4 is 10.6 Å². The van der Waals surface area contributed by atoms with Gasteiger partial charge >= 0.3 is 0 Å². The summed E-state index contributed by atoms with van der Waals surface area (Å²) in [7, 11) is 1.91. The first-order valence-corrected chi connectivity index (χ1v) is 6.34. The van der Waals surface area contributed by atoms with Gasteiger partial charge in [-0.3, -0.25) is 9.78 Å². The molecule has 0 atom stereocenters. The normalized spacial score (nSPS) is 14.9. The summed E-state index contributed by atoms with van der Waals surface area (Å²) in [6.45, 7) is 2.63. The second-order valence-corrected chi connectivity index (χ2v) is 4.65. The maximum absolute atomic E-state index is 12.1. The molecule has 5 nitrogen and oxygen atoms in total. The molecule has 2 N–H and O–H groups in total. The van der Waals surface area contributed by atoms with Crippen LogP contribution in [0, 0.1) is 0 Å². The molecule has 1 aliphatic rings. The lowest BCUT2D eigenvalue weighted by molar-refractivity contribution is -0.128. The number of nitrogens with zero attached hydrogens (tertiary/aromatic N) is 3. The summed E-state index contributed by atoms with van der Waals surface area (Å²) < 4.78 is 0. The van der Waals surface area contributed by atoms with Crippen LogP contribution in [0.25, 0.3) is 0 Å². The fourth-order valence-corrected chi connectivity index (χ4v) is 2.29. The molecule has 1 aliphatic heterocycles. The number of aromatic nitrogens is 1. The standard InChI is InChI=1S/C13H20N4O/c1-16(10-13(18)17-6-2-3-7-17)12-9-15-5-4-11(12)8-14/h4-5,9H,2-3,6-8,10,14H2,1H3. The lowest BCUT2D eigenvalue weighted by Gasteiger charge is -2.24. The zero-order valence-corrected chi connectivity index (χ0v) is 10.8. The summed E-state index contributed by atoms with van der Waals surface area (Å²) in [5.74, 6) is 0.182. The molecule has 98 valence electrons. The molecule has 0 aliphatic carbocycles. The Hall–Kier alpha value is -1.62. The van der Waals surface area contributed by atoms with Crippen LogP contribution in [-0.4, -0.2) is 42.5 Å². The second-order valence-electron chi connectivity index (χ2n) is 4.65. The van der Waals surface area contributed by atoms with E-state index in [1.54, 1.807) is 12.4 Å². The number of hydrogen-bond acceptors (Lipinski definition) is 4. The molecule has 0 saturated carbocycles. The molecule has 1 amide bonds. The molecule has 2 rings (SSSR count). The monoisotopic (exact) mass is 248 g/mol. The smallest absolute Gasteiger partial charge is 0.242 e. The highest BCUT2D eigenvalue weighted by atomic mass is 16.2. The molecular formula is C13H20N4O. The summed E-state index contributed by atoms with van der Waals surface area (Å²) in [6.07, 6.45) is 5.73. The Balaban J connectivity index is 2.02. The molecule has 0 spiro atoms. The molecule has 0 bridgehead atoms. The van der Waals surface area contributed by atoms with Crippen molar-refractivity contribution in [3.63, 3.8) is 0 Å². The Morgan fingerprint density at radius 2 is 2.22 bits per heavy atom. The third kappa shape index (κ3) is 2.79. The quantitative estimate of drug-likeness (QED) is 0.847.